The minimum Gasteiger partial charge on any atom is -0.493 e. The Labute approximate surface area is 223 Å². The molecule has 9 nitrogen and oxygen atoms in total. The van der Waals surface area contributed by atoms with Gasteiger partial charge in [0.05, 0.1) is 26.3 Å². The molecule has 5 atom stereocenters. The Balaban J connectivity index is 1.12. The third kappa shape index (κ3) is 5.27. The number of methoxy groups -OCH3 is 2. The number of carbonyl (C=O) groups excluding carboxylic acids is 2. The number of carbonyl (C=O) groups is 2. The molecule has 37 heavy (non-hydrogen) atoms. The number of rotatable bonds is 9. The van der Waals surface area contributed by atoms with E-state index in [1.165, 1.54) is 5.56 Å². The molecule has 0 aromatic heterocycles. The van der Waals surface area contributed by atoms with Crippen LogP contribution in [-0.2, 0) is 10.2 Å². The van der Waals surface area contributed by atoms with Gasteiger partial charge in [-0.05, 0) is 63.4 Å². The summed E-state index contributed by atoms with van der Waals surface area (Å²) >= 11 is 1.92. The average molecular weight is 530 g/mol. The van der Waals surface area contributed by atoms with Gasteiger partial charge in [-0.3, -0.25) is 4.79 Å². The molecule has 1 aromatic rings. The highest BCUT2D eigenvalue weighted by Gasteiger charge is 2.50. The third-order valence-corrected chi connectivity index (χ3v) is 10.3. The van der Waals surface area contributed by atoms with Crippen LogP contribution in [0, 0.1) is 0 Å². The number of likely N-dealkylation sites (N-methyl/N-ethyl adjacent to an activating group) is 1. The standard InChI is InChI=1S/C27H39N5O4S/c1-32-13-12-27(17-8-9-20(35-2)21(14-17)36-3)11-10-18(15-23(27)32)30-31-24(33)7-5-4-6-22-25-19(16-37-22)28-26(34)29-25/h8-9,14,19,22-23,25H,4-7,10-13,15-16H2,1-3H3,(H,31,33)(H2,28,29,34)/t19-,22-,23-,25-,27-/m0/s1. The monoisotopic (exact) mass is 529 g/mol. The molecule has 0 spiro atoms. The zero-order valence-electron chi connectivity index (χ0n) is 22.0. The minimum absolute atomic E-state index is 0.0169. The fourth-order valence-corrected chi connectivity index (χ4v) is 8.20. The van der Waals surface area contributed by atoms with E-state index in [1.54, 1.807) is 14.2 Å². The maximum Gasteiger partial charge on any atom is 0.315 e. The van der Waals surface area contributed by atoms with Gasteiger partial charge in [0.1, 0.15) is 0 Å². The average Bonchev–Trinajstić information content (AvgIpc) is 3.57. The number of benzene rings is 1. The third-order valence-electron chi connectivity index (χ3n) is 8.75. The summed E-state index contributed by atoms with van der Waals surface area (Å²) in [5, 5.41) is 11.0. The molecule has 3 aliphatic heterocycles. The van der Waals surface area contributed by atoms with Gasteiger partial charge in [-0.1, -0.05) is 12.5 Å². The molecule has 10 heteroatoms. The zero-order valence-corrected chi connectivity index (χ0v) is 22.9. The number of urea groups is 1. The summed E-state index contributed by atoms with van der Waals surface area (Å²) in [6, 6.07) is 7.09. The van der Waals surface area contributed by atoms with Crippen LogP contribution in [0.15, 0.2) is 23.3 Å². The van der Waals surface area contributed by atoms with E-state index in [1.807, 2.05) is 17.8 Å². The molecular weight excluding hydrogens is 490 g/mol. The van der Waals surface area contributed by atoms with Crippen molar-refractivity contribution < 1.29 is 19.1 Å². The molecule has 1 aromatic carbocycles. The molecule has 5 rings (SSSR count). The van der Waals surface area contributed by atoms with Gasteiger partial charge < -0.3 is 25.0 Å². The summed E-state index contributed by atoms with van der Waals surface area (Å²) in [6.07, 6.45) is 7.13. The highest BCUT2D eigenvalue weighted by Crippen LogP contribution is 2.49. The molecule has 0 radical (unpaired) electrons. The predicted molar refractivity (Wildman–Crippen MR) is 146 cm³/mol. The van der Waals surface area contributed by atoms with Crippen LogP contribution in [0.1, 0.15) is 56.9 Å². The summed E-state index contributed by atoms with van der Waals surface area (Å²) < 4.78 is 11.0. The highest BCUT2D eigenvalue weighted by molar-refractivity contribution is 8.00. The lowest BCUT2D eigenvalue weighted by atomic mass is 9.65. The van der Waals surface area contributed by atoms with Crippen molar-refractivity contribution in [2.24, 2.45) is 5.10 Å². The molecule has 3 amide bonds. The molecule has 202 valence electrons. The van der Waals surface area contributed by atoms with Gasteiger partial charge in [-0.15, -0.1) is 0 Å². The Morgan fingerprint density at radius 3 is 2.86 bits per heavy atom. The second-order valence-electron chi connectivity index (χ2n) is 10.8. The van der Waals surface area contributed by atoms with Crippen LogP contribution in [0.5, 0.6) is 11.5 Å². The first-order valence-electron chi connectivity index (χ1n) is 13.4. The summed E-state index contributed by atoms with van der Waals surface area (Å²) in [7, 11) is 5.53. The molecular formula is C27H39N5O4S. The van der Waals surface area contributed by atoms with Gasteiger partial charge in [-0.25, -0.2) is 10.2 Å². The molecule has 0 unspecified atom stereocenters. The van der Waals surface area contributed by atoms with Crippen LogP contribution in [0.4, 0.5) is 4.79 Å². The fraction of sp³-hybridized carbons (Fsp3) is 0.667. The smallest absolute Gasteiger partial charge is 0.315 e. The highest BCUT2D eigenvalue weighted by atomic mass is 32.2. The lowest BCUT2D eigenvalue weighted by molar-refractivity contribution is -0.121. The number of thioether (sulfide) groups is 1. The Hall–Kier alpha value is -2.46. The van der Waals surface area contributed by atoms with Gasteiger partial charge in [0.2, 0.25) is 5.91 Å². The van der Waals surface area contributed by atoms with Gasteiger partial charge in [0.15, 0.2) is 11.5 Å². The Kier molecular flexibility index (Phi) is 7.85. The van der Waals surface area contributed by atoms with Crippen molar-refractivity contribution in [3.05, 3.63) is 23.8 Å². The first-order chi connectivity index (χ1) is 17.9. The number of hydrogen-bond acceptors (Lipinski definition) is 7. The normalized spacial score (nSPS) is 32.0. The lowest BCUT2D eigenvalue weighted by Crippen LogP contribution is -2.46. The molecule has 3 saturated heterocycles. The number of nitrogens with zero attached hydrogens (tertiary/aromatic N) is 2. The van der Waals surface area contributed by atoms with Gasteiger partial charge >= 0.3 is 6.03 Å². The number of ether oxygens (including phenoxy) is 2. The number of unbranched alkanes of at least 4 members (excludes halogenated alkanes) is 1. The van der Waals surface area contributed by atoms with Crippen molar-refractivity contribution >= 4 is 29.4 Å². The van der Waals surface area contributed by atoms with Crippen molar-refractivity contribution in [3.8, 4) is 11.5 Å². The molecule has 3 heterocycles. The van der Waals surface area contributed by atoms with Crippen LogP contribution in [0.3, 0.4) is 0 Å². The second-order valence-corrected chi connectivity index (χ2v) is 12.0. The van der Waals surface area contributed by atoms with E-state index in [4.69, 9.17) is 9.47 Å². The molecule has 1 saturated carbocycles. The van der Waals surface area contributed by atoms with E-state index in [-0.39, 0.29) is 29.4 Å². The van der Waals surface area contributed by atoms with Crippen LogP contribution in [-0.4, -0.2) is 79.5 Å². The number of fused-ring (bicyclic) bond motifs is 2. The van der Waals surface area contributed by atoms with Crippen molar-refractivity contribution in [2.45, 2.75) is 80.2 Å². The molecule has 0 bridgehead atoms. The number of hydrogen-bond donors (Lipinski definition) is 3. The molecule has 3 N–H and O–H groups in total. The summed E-state index contributed by atoms with van der Waals surface area (Å²) in [5.74, 6) is 2.47. The van der Waals surface area contributed by atoms with E-state index in [0.717, 1.165) is 74.5 Å². The topological polar surface area (TPSA) is 104 Å². The van der Waals surface area contributed by atoms with Crippen LogP contribution < -0.4 is 25.5 Å². The first kappa shape index (κ1) is 26.2. The maximum atomic E-state index is 12.5. The fourth-order valence-electron chi connectivity index (χ4n) is 6.66. The first-order valence-corrected chi connectivity index (χ1v) is 14.4. The number of amides is 3. The van der Waals surface area contributed by atoms with Gasteiger partial charge in [-0.2, -0.15) is 16.9 Å². The van der Waals surface area contributed by atoms with Crippen molar-refractivity contribution in [2.75, 3.05) is 33.6 Å². The molecule has 1 aliphatic carbocycles. The zero-order chi connectivity index (χ0) is 26.0. The van der Waals surface area contributed by atoms with Crippen LogP contribution >= 0.6 is 11.8 Å². The number of hydrazone groups is 1. The largest absolute Gasteiger partial charge is 0.493 e. The summed E-state index contributed by atoms with van der Waals surface area (Å²) in [6.45, 7) is 1.04. The van der Waals surface area contributed by atoms with Crippen LogP contribution in [0.25, 0.3) is 0 Å². The van der Waals surface area contributed by atoms with Gasteiger partial charge in [0.25, 0.3) is 0 Å². The Morgan fingerprint density at radius 1 is 1.22 bits per heavy atom. The predicted octanol–water partition coefficient (Wildman–Crippen LogP) is 3.03. The SMILES string of the molecule is COc1ccc([C@@]23CCC(=NNC(=O)CCCC[C@@H]4SC[C@@H]5NC(=O)N[C@@H]54)C[C@@H]2N(C)CC3)cc1OC. The summed E-state index contributed by atoms with van der Waals surface area (Å²) in [5.41, 5.74) is 5.25. The van der Waals surface area contributed by atoms with E-state index < -0.39 is 0 Å². The van der Waals surface area contributed by atoms with Crippen molar-refractivity contribution in [3.63, 3.8) is 0 Å². The maximum absolute atomic E-state index is 12.5. The number of likely N-dealkylation sites (tertiary alicyclic amines) is 1. The van der Waals surface area contributed by atoms with Crippen molar-refractivity contribution in [1.29, 1.82) is 0 Å². The van der Waals surface area contributed by atoms with E-state index in [9.17, 15) is 9.59 Å². The van der Waals surface area contributed by atoms with E-state index in [2.05, 4.69) is 45.2 Å². The minimum atomic E-state index is -0.0498. The Morgan fingerprint density at radius 2 is 2.05 bits per heavy atom. The second kappa shape index (κ2) is 11.1. The van der Waals surface area contributed by atoms with Gasteiger partial charge in [0, 0.05) is 41.0 Å². The summed E-state index contributed by atoms with van der Waals surface area (Å²) in [4.78, 5) is 26.5. The van der Waals surface area contributed by atoms with E-state index >= 15 is 0 Å². The van der Waals surface area contributed by atoms with E-state index in [0.29, 0.717) is 17.7 Å². The molecule has 4 aliphatic rings. The molecule has 4 fully saturated rings. The Bertz CT molecular complexity index is 1050. The lowest BCUT2D eigenvalue weighted by Gasteiger charge is -2.42. The van der Waals surface area contributed by atoms with Crippen molar-refractivity contribution in [1.82, 2.24) is 21.0 Å². The number of nitrogens with one attached hydrogen (secondary N) is 3. The quantitative estimate of drug-likeness (QED) is 0.258. The van der Waals surface area contributed by atoms with Crippen LogP contribution in [0.2, 0.25) is 0 Å².